The monoisotopic (exact) mass is 257 g/mol. The van der Waals surface area contributed by atoms with E-state index >= 15 is 0 Å². The second-order valence-corrected chi connectivity index (χ2v) is 6.26. The summed E-state index contributed by atoms with van der Waals surface area (Å²) in [7, 11) is -3.28. The highest BCUT2D eigenvalue weighted by atomic mass is 32.2. The summed E-state index contributed by atoms with van der Waals surface area (Å²) in [5, 5.41) is 9.42. The average Bonchev–Trinajstić information content (AvgIpc) is 2.62. The van der Waals surface area contributed by atoms with Crippen molar-refractivity contribution in [2.24, 2.45) is 0 Å². The molecular weight excluding hydrogens is 242 g/mol. The number of anilines is 1. The number of β-amino-alcohol motifs (C(OH)–C–C–N with tert-alkyl or cyclic N) is 1. The number of aliphatic hydroxyl groups is 1. The van der Waals surface area contributed by atoms with Gasteiger partial charge in [0.2, 0.25) is 5.95 Å². The predicted molar refractivity (Wildman–Crippen MR) is 62.7 cm³/mol. The largest absolute Gasteiger partial charge is 0.391 e. The Kier molecular flexibility index (Phi) is 3.05. The molecule has 1 unspecified atom stereocenters. The van der Waals surface area contributed by atoms with Crippen molar-refractivity contribution in [3.8, 4) is 0 Å². The van der Waals surface area contributed by atoms with Gasteiger partial charge in [-0.3, -0.25) is 0 Å². The molecular formula is C10H15N3O3S. The molecule has 94 valence electrons. The summed E-state index contributed by atoms with van der Waals surface area (Å²) in [6, 6.07) is 0. The molecule has 0 amide bonds. The van der Waals surface area contributed by atoms with E-state index in [-0.39, 0.29) is 11.0 Å². The third-order valence-corrected chi connectivity index (χ3v) is 3.97. The molecule has 0 spiro atoms. The zero-order chi connectivity index (χ0) is 12.6. The summed E-state index contributed by atoms with van der Waals surface area (Å²) >= 11 is 0. The number of aromatic nitrogens is 2. The van der Waals surface area contributed by atoms with Crippen LogP contribution >= 0.6 is 0 Å². The van der Waals surface area contributed by atoms with E-state index < -0.39 is 9.84 Å². The third-order valence-electron chi connectivity index (χ3n) is 2.77. The van der Waals surface area contributed by atoms with Gasteiger partial charge in [-0.25, -0.2) is 18.4 Å². The normalized spacial score (nSPS) is 20.9. The lowest BCUT2D eigenvalue weighted by Crippen LogP contribution is -2.24. The zero-order valence-electron chi connectivity index (χ0n) is 9.79. The second kappa shape index (κ2) is 4.23. The van der Waals surface area contributed by atoms with Crippen LogP contribution in [0.4, 0.5) is 5.95 Å². The van der Waals surface area contributed by atoms with Gasteiger partial charge >= 0.3 is 0 Å². The molecule has 1 fully saturated rings. The quantitative estimate of drug-likeness (QED) is 0.787. The minimum atomic E-state index is -3.28. The van der Waals surface area contributed by atoms with Crippen LogP contribution in [0.5, 0.6) is 0 Å². The zero-order valence-corrected chi connectivity index (χ0v) is 10.6. The number of hydrogen-bond acceptors (Lipinski definition) is 6. The minimum Gasteiger partial charge on any atom is -0.391 e. The lowest BCUT2D eigenvalue weighted by molar-refractivity contribution is 0.198. The molecule has 17 heavy (non-hydrogen) atoms. The fraction of sp³-hybridized carbons (Fsp3) is 0.600. The number of hydrogen-bond donors (Lipinski definition) is 1. The average molecular weight is 257 g/mol. The van der Waals surface area contributed by atoms with Crippen molar-refractivity contribution in [3.63, 3.8) is 0 Å². The fourth-order valence-electron chi connectivity index (χ4n) is 1.88. The van der Waals surface area contributed by atoms with Crippen LogP contribution in [0.1, 0.15) is 12.1 Å². The van der Waals surface area contributed by atoms with Gasteiger partial charge in [0.25, 0.3) is 0 Å². The Labute approximate surface area is 100 Å². The molecule has 0 aromatic carbocycles. The van der Waals surface area contributed by atoms with E-state index in [0.717, 1.165) is 6.26 Å². The van der Waals surface area contributed by atoms with Gasteiger partial charge in [0.15, 0.2) is 9.84 Å². The van der Waals surface area contributed by atoms with Crippen molar-refractivity contribution in [2.45, 2.75) is 24.3 Å². The van der Waals surface area contributed by atoms with Gasteiger partial charge in [0, 0.05) is 19.3 Å². The van der Waals surface area contributed by atoms with Crippen LogP contribution in [0, 0.1) is 6.92 Å². The van der Waals surface area contributed by atoms with E-state index in [1.807, 2.05) is 4.90 Å². The van der Waals surface area contributed by atoms with Gasteiger partial charge in [-0.2, -0.15) is 0 Å². The van der Waals surface area contributed by atoms with Crippen molar-refractivity contribution >= 4 is 15.8 Å². The Morgan fingerprint density at radius 3 is 2.71 bits per heavy atom. The Bertz CT molecular complexity index is 530. The van der Waals surface area contributed by atoms with Crippen molar-refractivity contribution in [1.82, 2.24) is 9.97 Å². The van der Waals surface area contributed by atoms with E-state index in [1.54, 1.807) is 6.92 Å². The molecule has 0 saturated carbocycles. The maximum Gasteiger partial charge on any atom is 0.225 e. The molecule has 1 atom stereocenters. The summed E-state index contributed by atoms with van der Waals surface area (Å²) in [6.07, 6.45) is 2.81. The van der Waals surface area contributed by atoms with E-state index in [2.05, 4.69) is 9.97 Å². The van der Waals surface area contributed by atoms with Gasteiger partial charge in [0.05, 0.1) is 18.0 Å². The molecule has 2 rings (SSSR count). The van der Waals surface area contributed by atoms with Crippen molar-refractivity contribution in [2.75, 3.05) is 24.2 Å². The molecule has 1 aliphatic heterocycles. The molecule has 0 aliphatic carbocycles. The fourth-order valence-corrected chi connectivity index (χ4v) is 2.71. The Hall–Kier alpha value is -1.21. The first-order valence-corrected chi connectivity index (χ1v) is 7.24. The van der Waals surface area contributed by atoms with Crippen LogP contribution in [0.2, 0.25) is 0 Å². The molecule has 0 radical (unpaired) electrons. The molecule has 2 heterocycles. The lowest BCUT2D eigenvalue weighted by Gasteiger charge is -2.16. The summed E-state index contributed by atoms with van der Waals surface area (Å²) in [5.74, 6) is 0.478. The topological polar surface area (TPSA) is 83.4 Å². The Morgan fingerprint density at radius 2 is 2.24 bits per heavy atom. The van der Waals surface area contributed by atoms with Crippen LogP contribution in [-0.2, 0) is 9.84 Å². The number of aliphatic hydroxyl groups excluding tert-OH is 1. The first kappa shape index (κ1) is 12.3. The van der Waals surface area contributed by atoms with E-state index in [0.29, 0.717) is 31.2 Å². The smallest absolute Gasteiger partial charge is 0.225 e. The molecule has 0 bridgehead atoms. The first-order chi connectivity index (χ1) is 7.88. The molecule has 1 saturated heterocycles. The molecule has 6 nitrogen and oxygen atoms in total. The van der Waals surface area contributed by atoms with E-state index in [1.165, 1.54) is 6.20 Å². The maximum atomic E-state index is 11.4. The summed E-state index contributed by atoms with van der Waals surface area (Å²) in [4.78, 5) is 10.2. The Morgan fingerprint density at radius 1 is 1.53 bits per heavy atom. The SMILES string of the molecule is Cc1nc(N2CCC(O)C2)ncc1S(C)(=O)=O. The van der Waals surface area contributed by atoms with Crippen LogP contribution in [0.3, 0.4) is 0 Å². The molecule has 7 heteroatoms. The van der Waals surface area contributed by atoms with Gasteiger partial charge in [-0.15, -0.1) is 0 Å². The number of rotatable bonds is 2. The van der Waals surface area contributed by atoms with Crippen LogP contribution in [-0.4, -0.2) is 48.9 Å². The van der Waals surface area contributed by atoms with Gasteiger partial charge < -0.3 is 10.0 Å². The third kappa shape index (κ3) is 2.55. The van der Waals surface area contributed by atoms with Crippen molar-refractivity contribution in [3.05, 3.63) is 11.9 Å². The Balaban J connectivity index is 2.31. The summed E-state index contributed by atoms with van der Waals surface area (Å²) in [6.45, 7) is 2.84. The second-order valence-electron chi connectivity index (χ2n) is 4.28. The van der Waals surface area contributed by atoms with Crippen LogP contribution < -0.4 is 4.90 Å². The first-order valence-electron chi connectivity index (χ1n) is 5.34. The molecule has 1 aromatic heterocycles. The number of sulfone groups is 1. The maximum absolute atomic E-state index is 11.4. The molecule has 1 N–H and O–H groups in total. The lowest BCUT2D eigenvalue weighted by atomic mass is 10.3. The highest BCUT2D eigenvalue weighted by molar-refractivity contribution is 7.90. The predicted octanol–water partition coefficient (Wildman–Crippen LogP) is -0.240. The highest BCUT2D eigenvalue weighted by Gasteiger charge is 2.23. The summed E-state index contributed by atoms with van der Waals surface area (Å²) < 4.78 is 22.8. The van der Waals surface area contributed by atoms with Gasteiger partial charge in [0.1, 0.15) is 4.90 Å². The van der Waals surface area contributed by atoms with E-state index in [9.17, 15) is 13.5 Å². The van der Waals surface area contributed by atoms with E-state index in [4.69, 9.17) is 0 Å². The number of nitrogens with zero attached hydrogens (tertiary/aromatic N) is 3. The van der Waals surface area contributed by atoms with Crippen molar-refractivity contribution < 1.29 is 13.5 Å². The van der Waals surface area contributed by atoms with Crippen LogP contribution in [0.15, 0.2) is 11.1 Å². The van der Waals surface area contributed by atoms with Crippen LogP contribution in [0.25, 0.3) is 0 Å². The van der Waals surface area contributed by atoms with Crippen molar-refractivity contribution in [1.29, 1.82) is 0 Å². The highest BCUT2D eigenvalue weighted by Crippen LogP contribution is 2.19. The summed E-state index contributed by atoms with van der Waals surface area (Å²) in [5.41, 5.74) is 0.443. The van der Waals surface area contributed by atoms with Gasteiger partial charge in [-0.05, 0) is 13.3 Å². The molecule has 1 aromatic rings. The minimum absolute atomic E-state index is 0.154. The standard InChI is InChI=1S/C10H15N3O3S/c1-7-9(17(2,15)16)5-11-10(12-7)13-4-3-8(14)6-13/h5,8,14H,3-4,6H2,1-2H3. The molecule has 1 aliphatic rings. The number of aryl methyl sites for hydroxylation is 1. The van der Waals surface area contributed by atoms with Gasteiger partial charge in [-0.1, -0.05) is 0 Å².